The van der Waals surface area contributed by atoms with Gasteiger partial charge in [0, 0.05) is 6.54 Å². The first-order valence-electron chi connectivity index (χ1n) is 7.82. The molecule has 19 heavy (non-hydrogen) atoms. The smallest absolute Gasteiger partial charge is 0.0655 e. The van der Waals surface area contributed by atoms with E-state index < -0.39 is 0 Å². The molecule has 1 heterocycles. The number of nitrogens with zero attached hydrogens (tertiary/aromatic N) is 1. The Bertz CT molecular complexity index is 397. The van der Waals surface area contributed by atoms with Crippen molar-refractivity contribution in [3.63, 3.8) is 0 Å². The van der Waals surface area contributed by atoms with Crippen molar-refractivity contribution in [3.05, 3.63) is 35.9 Å². The number of hydroxylamine groups is 2. The molecule has 3 rings (SSSR count). The first-order chi connectivity index (χ1) is 9.32. The van der Waals surface area contributed by atoms with E-state index in [9.17, 15) is 5.21 Å². The summed E-state index contributed by atoms with van der Waals surface area (Å²) in [6.07, 6.45) is 10.3. The highest BCUT2D eigenvalue weighted by molar-refractivity contribution is 5.22. The van der Waals surface area contributed by atoms with Gasteiger partial charge in [-0.25, -0.2) is 0 Å². The van der Waals surface area contributed by atoms with Gasteiger partial charge in [-0.2, -0.15) is 5.06 Å². The number of hydrogen-bond donors (Lipinski definition) is 1. The summed E-state index contributed by atoms with van der Waals surface area (Å²) in [6.45, 7) is 0.821. The maximum absolute atomic E-state index is 10.6. The molecule has 1 aliphatic heterocycles. The molecular weight excluding hydrogens is 234 g/mol. The van der Waals surface area contributed by atoms with Crippen molar-refractivity contribution in [2.24, 2.45) is 5.41 Å². The molecule has 0 bridgehead atoms. The van der Waals surface area contributed by atoms with Gasteiger partial charge in [-0.05, 0) is 36.7 Å². The summed E-state index contributed by atoms with van der Waals surface area (Å²) in [4.78, 5) is 0. The Morgan fingerprint density at radius 1 is 0.895 bits per heavy atom. The highest BCUT2D eigenvalue weighted by Gasteiger charge is 2.44. The second-order valence-electron chi connectivity index (χ2n) is 6.36. The molecule has 2 nitrogen and oxygen atoms in total. The Morgan fingerprint density at radius 2 is 1.53 bits per heavy atom. The maximum atomic E-state index is 10.6. The maximum Gasteiger partial charge on any atom is 0.0655 e. The molecule has 1 aromatic rings. The summed E-state index contributed by atoms with van der Waals surface area (Å²) < 4.78 is 0. The van der Waals surface area contributed by atoms with Crippen LogP contribution in [0.3, 0.4) is 0 Å². The molecule has 104 valence electrons. The zero-order valence-corrected chi connectivity index (χ0v) is 11.7. The van der Waals surface area contributed by atoms with Crippen molar-refractivity contribution in [2.45, 2.75) is 57.4 Å². The third kappa shape index (κ3) is 2.56. The Labute approximate surface area is 116 Å². The molecule has 1 aromatic carbocycles. The number of hydrogen-bond acceptors (Lipinski definition) is 2. The van der Waals surface area contributed by atoms with Crippen LogP contribution in [-0.4, -0.2) is 16.8 Å². The van der Waals surface area contributed by atoms with Gasteiger partial charge in [-0.15, -0.1) is 0 Å². The summed E-state index contributed by atoms with van der Waals surface area (Å²) in [6, 6.07) is 10.9. The van der Waals surface area contributed by atoms with Gasteiger partial charge in [0.1, 0.15) is 0 Å². The van der Waals surface area contributed by atoms with E-state index >= 15 is 0 Å². The lowest BCUT2D eigenvalue weighted by molar-refractivity contribution is -0.164. The van der Waals surface area contributed by atoms with E-state index in [1.54, 1.807) is 5.06 Å². The highest BCUT2D eigenvalue weighted by Crippen LogP contribution is 2.52. The Kier molecular flexibility index (Phi) is 3.90. The predicted molar refractivity (Wildman–Crippen MR) is 77.0 cm³/mol. The fraction of sp³-hybridized carbons (Fsp3) is 0.647. The van der Waals surface area contributed by atoms with E-state index in [0.29, 0.717) is 5.41 Å². The minimum atomic E-state index is 0.205. The van der Waals surface area contributed by atoms with Crippen LogP contribution < -0.4 is 0 Å². The summed E-state index contributed by atoms with van der Waals surface area (Å²) in [5.74, 6) is 0. The van der Waals surface area contributed by atoms with Gasteiger partial charge in [0.2, 0.25) is 0 Å². The minimum Gasteiger partial charge on any atom is -0.313 e. The van der Waals surface area contributed by atoms with Gasteiger partial charge in [-0.1, -0.05) is 56.0 Å². The molecule has 1 atom stereocenters. The molecule has 0 radical (unpaired) electrons. The summed E-state index contributed by atoms with van der Waals surface area (Å²) in [5.41, 5.74) is 1.61. The topological polar surface area (TPSA) is 23.5 Å². The molecule has 1 N–H and O–H groups in total. The Hall–Kier alpha value is -0.860. The van der Waals surface area contributed by atoms with Crippen LogP contribution in [0.25, 0.3) is 0 Å². The second kappa shape index (κ2) is 5.64. The fourth-order valence-corrected chi connectivity index (χ4v) is 4.27. The SMILES string of the molecule is ON1CCCCC2(CCCCC2)C1c1ccccc1. The van der Waals surface area contributed by atoms with Crippen LogP contribution in [0.4, 0.5) is 0 Å². The molecule has 1 unspecified atom stereocenters. The average molecular weight is 259 g/mol. The molecule has 2 fully saturated rings. The summed E-state index contributed by atoms with van der Waals surface area (Å²) in [7, 11) is 0. The highest BCUT2D eigenvalue weighted by atomic mass is 16.5. The predicted octanol–water partition coefficient (Wildman–Crippen LogP) is 4.55. The van der Waals surface area contributed by atoms with Gasteiger partial charge in [0.25, 0.3) is 0 Å². The van der Waals surface area contributed by atoms with E-state index in [1.165, 1.54) is 50.5 Å². The average Bonchev–Trinajstić information content (AvgIpc) is 2.60. The van der Waals surface area contributed by atoms with Crippen molar-refractivity contribution in [2.75, 3.05) is 6.54 Å². The van der Waals surface area contributed by atoms with E-state index in [1.807, 2.05) is 0 Å². The fourth-order valence-electron chi connectivity index (χ4n) is 4.27. The van der Waals surface area contributed by atoms with Crippen molar-refractivity contribution in [1.82, 2.24) is 5.06 Å². The third-order valence-electron chi connectivity index (χ3n) is 5.15. The van der Waals surface area contributed by atoms with Crippen LogP contribution in [0, 0.1) is 5.41 Å². The lowest BCUT2D eigenvalue weighted by atomic mass is 9.65. The van der Waals surface area contributed by atoms with Gasteiger partial charge in [0.05, 0.1) is 6.04 Å². The summed E-state index contributed by atoms with van der Waals surface area (Å²) in [5, 5.41) is 12.2. The van der Waals surface area contributed by atoms with E-state index in [-0.39, 0.29) is 6.04 Å². The van der Waals surface area contributed by atoms with Crippen LogP contribution in [0.15, 0.2) is 30.3 Å². The van der Waals surface area contributed by atoms with Crippen LogP contribution in [0.5, 0.6) is 0 Å². The van der Waals surface area contributed by atoms with Crippen molar-refractivity contribution in [3.8, 4) is 0 Å². The lowest BCUT2D eigenvalue weighted by Gasteiger charge is -2.45. The zero-order chi connectivity index (χ0) is 13.1. The van der Waals surface area contributed by atoms with Crippen LogP contribution >= 0.6 is 0 Å². The summed E-state index contributed by atoms with van der Waals surface area (Å²) >= 11 is 0. The van der Waals surface area contributed by atoms with E-state index in [2.05, 4.69) is 30.3 Å². The molecule has 1 aliphatic carbocycles. The van der Waals surface area contributed by atoms with Crippen molar-refractivity contribution >= 4 is 0 Å². The molecule has 0 amide bonds. The Morgan fingerprint density at radius 3 is 2.21 bits per heavy atom. The lowest BCUT2D eigenvalue weighted by Crippen LogP contribution is -2.39. The van der Waals surface area contributed by atoms with Gasteiger partial charge in [-0.3, -0.25) is 0 Å². The molecule has 1 saturated carbocycles. The number of rotatable bonds is 1. The second-order valence-corrected chi connectivity index (χ2v) is 6.36. The number of benzene rings is 1. The largest absolute Gasteiger partial charge is 0.313 e. The van der Waals surface area contributed by atoms with Crippen molar-refractivity contribution < 1.29 is 5.21 Å². The zero-order valence-electron chi connectivity index (χ0n) is 11.7. The van der Waals surface area contributed by atoms with E-state index in [0.717, 1.165) is 13.0 Å². The van der Waals surface area contributed by atoms with Gasteiger partial charge >= 0.3 is 0 Å². The van der Waals surface area contributed by atoms with Crippen LogP contribution in [-0.2, 0) is 0 Å². The van der Waals surface area contributed by atoms with Gasteiger partial charge in [0.15, 0.2) is 0 Å². The van der Waals surface area contributed by atoms with Crippen LogP contribution in [0.2, 0.25) is 0 Å². The molecule has 1 spiro atoms. The normalized spacial score (nSPS) is 28.2. The standard InChI is InChI=1S/C17H25NO/c19-18-14-8-7-13-17(11-5-2-6-12-17)16(18)15-9-3-1-4-10-15/h1,3-4,9-10,16,19H,2,5-8,11-14H2. The van der Waals surface area contributed by atoms with Crippen LogP contribution in [0.1, 0.15) is 63.0 Å². The third-order valence-corrected chi connectivity index (χ3v) is 5.15. The quantitative estimate of drug-likeness (QED) is 0.799. The van der Waals surface area contributed by atoms with Crippen molar-refractivity contribution in [1.29, 1.82) is 0 Å². The molecule has 0 aromatic heterocycles. The van der Waals surface area contributed by atoms with E-state index in [4.69, 9.17) is 0 Å². The first kappa shape index (κ1) is 13.1. The van der Waals surface area contributed by atoms with Gasteiger partial charge < -0.3 is 5.21 Å². The molecular formula is C17H25NO. The molecule has 1 saturated heterocycles. The Balaban J connectivity index is 1.97. The first-order valence-corrected chi connectivity index (χ1v) is 7.82. The minimum absolute atomic E-state index is 0.205. The molecule has 2 heteroatoms. The molecule has 2 aliphatic rings. The monoisotopic (exact) mass is 259 g/mol.